The summed E-state index contributed by atoms with van der Waals surface area (Å²) in [6.45, 7) is 0. The van der Waals surface area contributed by atoms with Crippen molar-refractivity contribution in [1.82, 2.24) is 5.01 Å². The lowest BCUT2D eigenvalue weighted by Crippen LogP contribution is -2.41. The number of hydrogen-bond donors (Lipinski definition) is 1. The second-order valence-corrected chi connectivity index (χ2v) is 2.68. The second kappa shape index (κ2) is 6.22. The molecule has 0 saturated heterocycles. The number of aliphatic imine (C=N–C) groups is 1. The number of hydrogen-bond acceptors (Lipinski definition) is 6. The molecular formula is C6H11N3O4S. The fourth-order valence-corrected chi connectivity index (χ4v) is 0.935. The molecule has 0 heterocycles. The van der Waals surface area contributed by atoms with Crippen LogP contribution in [0.3, 0.4) is 0 Å². The minimum atomic E-state index is -0.839. The predicted molar refractivity (Wildman–Crippen MR) is 51.8 cm³/mol. The zero-order valence-corrected chi connectivity index (χ0v) is 8.83. The number of thioether (sulfide) groups is 1. The van der Waals surface area contributed by atoms with Gasteiger partial charge in [-0.15, -0.1) is 4.99 Å². The van der Waals surface area contributed by atoms with Gasteiger partial charge in [-0.25, -0.2) is 15.4 Å². The van der Waals surface area contributed by atoms with Crippen LogP contribution in [0.25, 0.3) is 0 Å². The second-order valence-electron chi connectivity index (χ2n) is 1.91. The van der Waals surface area contributed by atoms with Gasteiger partial charge in [-0.1, -0.05) is 11.8 Å². The molecule has 0 aliphatic rings. The predicted octanol–water partition coefficient (Wildman–Crippen LogP) is 0.414. The Morgan fingerprint density at radius 2 is 1.93 bits per heavy atom. The molecule has 7 nitrogen and oxygen atoms in total. The Hall–Kier alpha value is -1.28. The molecule has 2 N–H and O–H groups in total. The summed E-state index contributed by atoms with van der Waals surface area (Å²) in [6.07, 6.45) is -0.0550. The number of nitrogens with two attached hydrogens (primary N) is 1. The Labute approximate surface area is 85.2 Å². The molecule has 0 saturated carbocycles. The van der Waals surface area contributed by atoms with Crippen LogP contribution >= 0.6 is 11.8 Å². The van der Waals surface area contributed by atoms with E-state index in [0.717, 1.165) is 18.9 Å². The summed E-state index contributed by atoms with van der Waals surface area (Å²) in [4.78, 5) is 25.1. The lowest BCUT2D eigenvalue weighted by atomic mass is 10.9. The van der Waals surface area contributed by atoms with E-state index >= 15 is 0 Å². The first-order valence-corrected chi connectivity index (χ1v) is 4.62. The average molecular weight is 221 g/mol. The fourth-order valence-electron chi connectivity index (χ4n) is 0.498. The number of hydrazine groups is 1. The maximum atomic E-state index is 10.9. The van der Waals surface area contributed by atoms with Gasteiger partial charge in [-0.3, -0.25) is 0 Å². The zero-order chi connectivity index (χ0) is 11.1. The maximum absolute atomic E-state index is 10.9. The van der Waals surface area contributed by atoms with Crippen LogP contribution in [-0.2, 0) is 9.47 Å². The van der Waals surface area contributed by atoms with Gasteiger partial charge in [0.15, 0.2) is 5.17 Å². The van der Waals surface area contributed by atoms with Crippen molar-refractivity contribution in [3.05, 3.63) is 0 Å². The molecule has 0 aliphatic carbocycles. The van der Waals surface area contributed by atoms with Crippen molar-refractivity contribution in [2.24, 2.45) is 10.8 Å². The smallest absolute Gasteiger partial charge is 0.435 e. The lowest BCUT2D eigenvalue weighted by Gasteiger charge is -2.14. The quantitative estimate of drug-likeness (QED) is 0.209. The van der Waals surface area contributed by atoms with Crippen molar-refractivity contribution < 1.29 is 19.1 Å². The van der Waals surface area contributed by atoms with Gasteiger partial charge in [0.1, 0.15) is 0 Å². The highest BCUT2D eigenvalue weighted by atomic mass is 32.2. The van der Waals surface area contributed by atoms with E-state index in [9.17, 15) is 9.59 Å². The molecule has 0 aromatic carbocycles. The van der Waals surface area contributed by atoms with Crippen LogP contribution in [0.2, 0.25) is 0 Å². The molecule has 0 spiro atoms. The van der Waals surface area contributed by atoms with Crippen LogP contribution in [0.4, 0.5) is 9.59 Å². The van der Waals surface area contributed by atoms with Gasteiger partial charge in [0, 0.05) is 0 Å². The molecule has 0 fully saturated rings. The van der Waals surface area contributed by atoms with Crippen molar-refractivity contribution in [3.63, 3.8) is 0 Å². The van der Waals surface area contributed by atoms with E-state index in [1.807, 2.05) is 0 Å². The van der Waals surface area contributed by atoms with E-state index in [4.69, 9.17) is 5.84 Å². The molecule has 0 aromatic heterocycles. The van der Waals surface area contributed by atoms with E-state index in [0.29, 0.717) is 5.01 Å². The Balaban J connectivity index is 4.63. The third-order valence-electron chi connectivity index (χ3n) is 1.12. The van der Waals surface area contributed by atoms with Gasteiger partial charge >= 0.3 is 12.2 Å². The van der Waals surface area contributed by atoms with E-state index in [2.05, 4.69) is 14.5 Å². The first-order valence-electron chi connectivity index (χ1n) is 3.40. The van der Waals surface area contributed by atoms with Gasteiger partial charge in [-0.2, -0.15) is 5.01 Å². The summed E-state index contributed by atoms with van der Waals surface area (Å²) < 4.78 is 8.60. The van der Waals surface area contributed by atoms with Crippen molar-refractivity contribution in [2.75, 3.05) is 20.5 Å². The Morgan fingerprint density at radius 1 is 1.36 bits per heavy atom. The largest absolute Gasteiger partial charge is 0.451 e. The number of carbonyl (C=O) groups excluding carboxylic acids is 2. The maximum Gasteiger partial charge on any atom is 0.435 e. The highest BCUT2D eigenvalue weighted by Crippen LogP contribution is 2.03. The van der Waals surface area contributed by atoms with E-state index < -0.39 is 12.2 Å². The number of amides is 2. The number of ether oxygens (including phenoxy) is 2. The van der Waals surface area contributed by atoms with Crippen LogP contribution in [0, 0.1) is 0 Å². The molecule has 80 valence electrons. The molecule has 0 aromatic rings. The number of amidine groups is 1. The SMILES string of the molecule is COC(=O)N=C(SC)N(N)C(=O)OC. The topological polar surface area (TPSA) is 94.2 Å². The first kappa shape index (κ1) is 12.7. The summed E-state index contributed by atoms with van der Waals surface area (Å²) in [7, 11) is 2.33. The highest BCUT2D eigenvalue weighted by molar-refractivity contribution is 8.13. The number of methoxy groups -OCH3 is 2. The molecule has 0 radical (unpaired) electrons. The molecule has 8 heteroatoms. The Bertz CT molecular complexity index is 255. The van der Waals surface area contributed by atoms with E-state index in [-0.39, 0.29) is 5.17 Å². The minimum absolute atomic E-state index is 0.0105. The van der Waals surface area contributed by atoms with Gasteiger partial charge in [0.05, 0.1) is 14.2 Å². The molecule has 0 bridgehead atoms. The Morgan fingerprint density at radius 3 is 2.29 bits per heavy atom. The zero-order valence-electron chi connectivity index (χ0n) is 8.01. The number of nitrogens with zero attached hydrogens (tertiary/aromatic N) is 2. The third-order valence-corrected chi connectivity index (χ3v) is 1.77. The highest BCUT2D eigenvalue weighted by Gasteiger charge is 2.16. The van der Waals surface area contributed by atoms with Gasteiger partial charge in [0.2, 0.25) is 0 Å². The van der Waals surface area contributed by atoms with Crippen molar-refractivity contribution in [2.45, 2.75) is 0 Å². The standard InChI is InChI=1S/C6H11N3O4S/c1-12-5(10)8-4(14-3)9(7)6(11)13-2/h7H2,1-3H3. The Kier molecular flexibility index (Phi) is 5.65. The first-order chi connectivity index (χ1) is 6.56. The van der Waals surface area contributed by atoms with Crippen molar-refractivity contribution in [1.29, 1.82) is 0 Å². The molecule has 0 atom stereocenters. The van der Waals surface area contributed by atoms with E-state index in [1.165, 1.54) is 7.11 Å². The van der Waals surface area contributed by atoms with Crippen LogP contribution in [0.5, 0.6) is 0 Å². The van der Waals surface area contributed by atoms with Gasteiger partial charge < -0.3 is 9.47 Å². The fraction of sp³-hybridized carbons (Fsp3) is 0.500. The summed E-state index contributed by atoms with van der Waals surface area (Å²) in [5.41, 5.74) is 0. The molecule has 0 unspecified atom stereocenters. The van der Waals surface area contributed by atoms with Crippen LogP contribution < -0.4 is 5.84 Å². The lowest BCUT2D eigenvalue weighted by molar-refractivity contribution is 0.147. The summed E-state index contributed by atoms with van der Waals surface area (Å²) in [5, 5.41) is 0.602. The summed E-state index contributed by atoms with van der Waals surface area (Å²) in [5.74, 6) is 5.28. The molecular weight excluding hydrogens is 210 g/mol. The molecule has 14 heavy (non-hydrogen) atoms. The van der Waals surface area contributed by atoms with Gasteiger partial charge in [-0.05, 0) is 6.26 Å². The van der Waals surface area contributed by atoms with E-state index in [1.54, 1.807) is 6.26 Å². The minimum Gasteiger partial charge on any atom is -0.451 e. The number of carbonyl (C=O) groups is 2. The van der Waals surface area contributed by atoms with Crippen LogP contribution in [0.15, 0.2) is 4.99 Å². The summed E-state index contributed by atoms with van der Waals surface area (Å²) in [6, 6.07) is 0. The molecule has 0 rings (SSSR count). The van der Waals surface area contributed by atoms with Crippen LogP contribution in [-0.4, -0.2) is 42.8 Å². The number of rotatable bonds is 0. The van der Waals surface area contributed by atoms with Crippen molar-refractivity contribution >= 4 is 29.1 Å². The average Bonchev–Trinajstić information content (AvgIpc) is 2.23. The van der Waals surface area contributed by atoms with Crippen LogP contribution in [0.1, 0.15) is 0 Å². The third kappa shape index (κ3) is 3.62. The summed E-state index contributed by atoms with van der Waals surface area (Å²) >= 11 is 1.01. The molecule has 2 amide bonds. The molecule has 0 aliphatic heterocycles. The monoisotopic (exact) mass is 221 g/mol. The van der Waals surface area contributed by atoms with Crippen molar-refractivity contribution in [3.8, 4) is 0 Å². The van der Waals surface area contributed by atoms with Gasteiger partial charge in [0.25, 0.3) is 0 Å². The normalized spacial score (nSPS) is 10.7.